The Balaban J connectivity index is 1.65. The maximum atomic E-state index is 12.6. The fourth-order valence-electron chi connectivity index (χ4n) is 3.06. The van der Waals surface area contributed by atoms with E-state index in [2.05, 4.69) is 5.32 Å². The first kappa shape index (κ1) is 20.5. The molecule has 1 aliphatic rings. The minimum Gasteiger partial charge on any atom is -0.459 e. The number of fused-ring (bicyclic) bond motifs is 1. The van der Waals surface area contributed by atoms with Gasteiger partial charge in [0.15, 0.2) is 6.61 Å². The van der Waals surface area contributed by atoms with Crippen molar-refractivity contribution in [1.29, 1.82) is 0 Å². The Hall–Kier alpha value is -2.19. The SMILES string of the molecule is CC(C)OC(=O)c1c(NC(=O)COC(=O)Cc2cccs2)sc2c1CCCC2. The van der Waals surface area contributed by atoms with Crippen LogP contribution in [0.15, 0.2) is 17.5 Å². The van der Waals surface area contributed by atoms with Gasteiger partial charge in [-0.1, -0.05) is 6.07 Å². The predicted molar refractivity (Wildman–Crippen MR) is 109 cm³/mol. The van der Waals surface area contributed by atoms with Crippen molar-refractivity contribution < 1.29 is 23.9 Å². The second kappa shape index (κ2) is 9.34. The molecule has 0 unspecified atom stereocenters. The zero-order valence-electron chi connectivity index (χ0n) is 15.9. The Kier molecular flexibility index (Phi) is 6.85. The average molecular weight is 422 g/mol. The van der Waals surface area contributed by atoms with Crippen molar-refractivity contribution in [2.75, 3.05) is 11.9 Å². The van der Waals surface area contributed by atoms with Crippen LogP contribution >= 0.6 is 22.7 Å². The summed E-state index contributed by atoms with van der Waals surface area (Å²) >= 11 is 2.87. The first-order chi connectivity index (χ1) is 13.4. The molecule has 2 heterocycles. The fraction of sp³-hybridized carbons (Fsp3) is 0.450. The number of hydrogen-bond donors (Lipinski definition) is 1. The molecule has 3 rings (SSSR count). The molecule has 1 aliphatic carbocycles. The van der Waals surface area contributed by atoms with Gasteiger partial charge in [-0.15, -0.1) is 22.7 Å². The average Bonchev–Trinajstić information content (AvgIpc) is 3.26. The van der Waals surface area contributed by atoms with Gasteiger partial charge in [-0.25, -0.2) is 4.79 Å². The van der Waals surface area contributed by atoms with Gasteiger partial charge in [-0.2, -0.15) is 0 Å². The summed E-state index contributed by atoms with van der Waals surface area (Å²) in [4.78, 5) is 38.7. The lowest BCUT2D eigenvalue weighted by Gasteiger charge is -2.14. The minimum atomic E-state index is -0.461. The van der Waals surface area contributed by atoms with Crippen molar-refractivity contribution in [3.05, 3.63) is 38.4 Å². The molecule has 1 N–H and O–H groups in total. The predicted octanol–water partition coefficient (Wildman–Crippen LogP) is 3.98. The summed E-state index contributed by atoms with van der Waals surface area (Å²) in [7, 11) is 0. The number of rotatable bonds is 7. The summed E-state index contributed by atoms with van der Waals surface area (Å²) in [5.74, 6) is -1.33. The summed E-state index contributed by atoms with van der Waals surface area (Å²) in [5, 5.41) is 5.10. The van der Waals surface area contributed by atoms with Gasteiger partial charge < -0.3 is 14.8 Å². The highest BCUT2D eigenvalue weighted by atomic mass is 32.1. The van der Waals surface area contributed by atoms with Gasteiger partial charge in [-0.05, 0) is 56.5 Å². The Morgan fingerprint density at radius 1 is 1.21 bits per heavy atom. The van der Waals surface area contributed by atoms with Crippen molar-refractivity contribution in [1.82, 2.24) is 0 Å². The first-order valence-corrected chi connectivity index (χ1v) is 11.0. The van der Waals surface area contributed by atoms with E-state index < -0.39 is 17.8 Å². The molecule has 6 nitrogen and oxygen atoms in total. The van der Waals surface area contributed by atoms with Crippen LogP contribution in [0.5, 0.6) is 0 Å². The van der Waals surface area contributed by atoms with Gasteiger partial charge in [-0.3, -0.25) is 9.59 Å². The zero-order valence-corrected chi connectivity index (χ0v) is 17.5. The highest BCUT2D eigenvalue weighted by molar-refractivity contribution is 7.17. The molecule has 0 atom stereocenters. The van der Waals surface area contributed by atoms with Crippen molar-refractivity contribution >= 4 is 45.5 Å². The maximum Gasteiger partial charge on any atom is 0.341 e. The smallest absolute Gasteiger partial charge is 0.341 e. The van der Waals surface area contributed by atoms with Crippen molar-refractivity contribution in [2.45, 2.75) is 52.1 Å². The quantitative estimate of drug-likeness (QED) is 0.684. The van der Waals surface area contributed by atoms with Gasteiger partial charge in [0, 0.05) is 9.75 Å². The van der Waals surface area contributed by atoms with Gasteiger partial charge in [0.2, 0.25) is 0 Å². The van der Waals surface area contributed by atoms with Gasteiger partial charge >= 0.3 is 11.9 Å². The number of nitrogens with one attached hydrogen (secondary N) is 1. The molecule has 0 saturated heterocycles. The number of thiophene rings is 2. The molecular formula is C20H23NO5S2. The molecule has 0 radical (unpaired) electrons. The van der Waals surface area contributed by atoms with E-state index >= 15 is 0 Å². The summed E-state index contributed by atoms with van der Waals surface area (Å²) in [5.41, 5.74) is 1.43. The van der Waals surface area contributed by atoms with Crippen LogP contribution in [-0.4, -0.2) is 30.6 Å². The van der Waals surface area contributed by atoms with Crippen LogP contribution in [0, 0.1) is 0 Å². The van der Waals surface area contributed by atoms with E-state index in [1.807, 2.05) is 17.5 Å². The highest BCUT2D eigenvalue weighted by Gasteiger charge is 2.28. The number of ether oxygens (including phenoxy) is 2. The third-order valence-corrected chi connectivity index (χ3v) is 6.32. The largest absolute Gasteiger partial charge is 0.459 e. The van der Waals surface area contributed by atoms with Crippen molar-refractivity contribution in [2.24, 2.45) is 0 Å². The minimum absolute atomic E-state index is 0.143. The van der Waals surface area contributed by atoms with E-state index in [0.717, 1.165) is 41.0 Å². The maximum absolute atomic E-state index is 12.6. The van der Waals surface area contributed by atoms with Crippen LogP contribution in [0.4, 0.5) is 5.00 Å². The molecule has 0 aliphatic heterocycles. The molecule has 8 heteroatoms. The molecule has 0 fully saturated rings. The second-order valence-corrected chi connectivity index (χ2v) is 8.97. The summed E-state index contributed by atoms with van der Waals surface area (Å²) in [6.45, 7) is 3.20. The van der Waals surface area contributed by atoms with E-state index in [1.54, 1.807) is 13.8 Å². The molecular weight excluding hydrogens is 398 g/mol. The molecule has 2 aromatic rings. The van der Waals surface area contributed by atoms with Crippen LogP contribution in [0.3, 0.4) is 0 Å². The molecule has 0 bridgehead atoms. The van der Waals surface area contributed by atoms with Crippen LogP contribution in [0.2, 0.25) is 0 Å². The van der Waals surface area contributed by atoms with Crippen LogP contribution in [0.1, 0.15) is 52.4 Å². The van der Waals surface area contributed by atoms with Gasteiger partial charge in [0.05, 0.1) is 18.1 Å². The normalized spacial score (nSPS) is 13.1. The Morgan fingerprint density at radius 3 is 2.71 bits per heavy atom. The third kappa shape index (κ3) is 5.20. The number of anilines is 1. The third-order valence-electron chi connectivity index (χ3n) is 4.23. The molecule has 1 amide bonds. The number of carbonyl (C=O) groups excluding carboxylic acids is 3. The highest BCUT2D eigenvalue weighted by Crippen LogP contribution is 2.38. The van der Waals surface area contributed by atoms with Crippen LogP contribution in [-0.2, 0) is 38.3 Å². The number of hydrogen-bond acceptors (Lipinski definition) is 7. The molecule has 0 aromatic carbocycles. The topological polar surface area (TPSA) is 81.7 Å². The zero-order chi connectivity index (χ0) is 20.1. The lowest BCUT2D eigenvalue weighted by atomic mass is 9.95. The second-order valence-electron chi connectivity index (χ2n) is 6.83. The standard InChI is InChI=1S/C20H23NO5S2/c1-12(2)26-20(24)18-14-7-3-4-8-15(14)28-19(18)21-16(22)11-25-17(23)10-13-6-5-9-27-13/h5-6,9,12H,3-4,7-8,10-11H2,1-2H3,(H,21,22). The van der Waals surface area contributed by atoms with E-state index in [4.69, 9.17) is 9.47 Å². The van der Waals surface area contributed by atoms with Crippen molar-refractivity contribution in [3.63, 3.8) is 0 Å². The Labute approximate surface area is 171 Å². The Morgan fingerprint density at radius 2 is 2.00 bits per heavy atom. The van der Waals surface area contributed by atoms with E-state index in [1.165, 1.54) is 22.7 Å². The Bertz CT molecular complexity index is 854. The fourth-order valence-corrected chi connectivity index (χ4v) is 5.04. The summed E-state index contributed by atoms with van der Waals surface area (Å²) < 4.78 is 10.4. The molecule has 150 valence electrons. The summed E-state index contributed by atoms with van der Waals surface area (Å²) in [6, 6.07) is 3.70. The van der Waals surface area contributed by atoms with E-state index in [-0.39, 0.29) is 19.1 Å². The van der Waals surface area contributed by atoms with Crippen molar-refractivity contribution in [3.8, 4) is 0 Å². The number of aryl methyl sites for hydroxylation is 1. The van der Waals surface area contributed by atoms with E-state index in [9.17, 15) is 14.4 Å². The lowest BCUT2D eigenvalue weighted by Crippen LogP contribution is -2.22. The number of amides is 1. The summed E-state index contributed by atoms with van der Waals surface area (Å²) in [6.07, 6.45) is 3.69. The van der Waals surface area contributed by atoms with Crippen LogP contribution in [0.25, 0.3) is 0 Å². The number of esters is 2. The van der Waals surface area contributed by atoms with Gasteiger partial charge in [0.1, 0.15) is 5.00 Å². The molecule has 0 saturated carbocycles. The lowest BCUT2D eigenvalue weighted by molar-refractivity contribution is -0.146. The molecule has 2 aromatic heterocycles. The first-order valence-electron chi connectivity index (χ1n) is 9.27. The monoisotopic (exact) mass is 421 g/mol. The van der Waals surface area contributed by atoms with Crippen LogP contribution < -0.4 is 5.32 Å². The van der Waals surface area contributed by atoms with Gasteiger partial charge in [0.25, 0.3) is 5.91 Å². The molecule has 28 heavy (non-hydrogen) atoms. The number of carbonyl (C=O) groups is 3. The molecule has 0 spiro atoms. The van der Waals surface area contributed by atoms with E-state index in [0.29, 0.717) is 10.6 Å².